The summed E-state index contributed by atoms with van der Waals surface area (Å²) in [4.78, 5) is 25.4. The van der Waals surface area contributed by atoms with Crippen molar-refractivity contribution < 1.29 is 9.59 Å². The van der Waals surface area contributed by atoms with Gasteiger partial charge in [-0.05, 0) is 37.0 Å². The minimum atomic E-state index is -0.217. The summed E-state index contributed by atoms with van der Waals surface area (Å²) in [6.07, 6.45) is 0. The van der Waals surface area contributed by atoms with Gasteiger partial charge in [0.2, 0.25) is 0 Å². The van der Waals surface area contributed by atoms with Crippen molar-refractivity contribution in [1.82, 2.24) is 0 Å². The summed E-state index contributed by atoms with van der Waals surface area (Å²) in [5, 5.41) is 0. The fraction of sp³-hybridized carbons (Fsp3) is 0.375. The normalized spacial score (nSPS) is 16.6. The van der Waals surface area contributed by atoms with Crippen molar-refractivity contribution in [3.63, 3.8) is 0 Å². The van der Waals surface area contributed by atoms with Gasteiger partial charge in [0.05, 0.1) is 5.69 Å². The first-order chi connectivity index (χ1) is 8.73. The van der Waals surface area contributed by atoms with E-state index >= 15 is 0 Å². The third-order valence-electron chi connectivity index (χ3n) is 3.60. The van der Waals surface area contributed by atoms with E-state index in [1.807, 2.05) is 24.3 Å². The molecule has 3 heteroatoms. The van der Waals surface area contributed by atoms with E-state index in [2.05, 4.69) is 20.8 Å². The Kier molecular flexibility index (Phi) is 3.09. The van der Waals surface area contributed by atoms with Crippen molar-refractivity contribution in [2.75, 3.05) is 4.90 Å². The van der Waals surface area contributed by atoms with Crippen LogP contribution in [-0.4, -0.2) is 11.8 Å². The zero-order chi connectivity index (χ0) is 14.4. The third kappa shape index (κ3) is 2.21. The zero-order valence-corrected chi connectivity index (χ0v) is 12.1. The summed E-state index contributed by atoms with van der Waals surface area (Å²) < 4.78 is 0. The predicted molar refractivity (Wildman–Crippen MR) is 76.0 cm³/mol. The first kappa shape index (κ1) is 13.5. The largest absolute Gasteiger partial charge is 0.269 e. The number of rotatable bonds is 1. The fourth-order valence-electron chi connectivity index (χ4n) is 2.09. The summed E-state index contributed by atoms with van der Waals surface area (Å²) in [6, 6.07) is 7.61. The van der Waals surface area contributed by atoms with Gasteiger partial charge in [0.25, 0.3) is 11.8 Å². The van der Waals surface area contributed by atoms with Crippen molar-refractivity contribution in [2.24, 2.45) is 0 Å². The van der Waals surface area contributed by atoms with Gasteiger partial charge >= 0.3 is 0 Å². The average Bonchev–Trinajstić information content (AvgIpc) is 2.53. The number of carbonyl (C=O) groups is 2. The van der Waals surface area contributed by atoms with Gasteiger partial charge < -0.3 is 0 Å². The van der Waals surface area contributed by atoms with E-state index < -0.39 is 0 Å². The van der Waals surface area contributed by atoms with Crippen LogP contribution in [0.25, 0.3) is 0 Å². The summed E-state index contributed by atoms with van der Waals surface area (Å²) in [7, 11) is 0. The molecule has 2 rings (SSSR count). The highest BCUT2D eigenvalue weighted by Crippen LogP contribution is 2.29. The average molecular weight is 257 g/mol. The number of imide groups is 1. The SMILES string of the molecule is CC1=C(C)C(=O)N(c2ccc(C(C)(C)C)cc2)C1=O. The molecule has 0 fully saturated rings. The molecule has 0 atom stereocenters. The van der Waals surface area contributed by atoms with Crippen molar-refractivity contribution >= 4 is 17.5 Å². The van der Waals surface area contributed by atoms with E-state index in [4.69, 9.17) is 0 Å². The smallest absolute Gasteiger partial charge is 0.261 e. The van der Waals surface area contributed by atoms with Gasteiger partial charge in [0.15, 0.2) is 0 Å². The van der Waals surface area contributed by atoms with Crippen molar-refractivity contribution in [2.45, 2.75) is 40.0 Å². The van der Waals surface area contributed by atoms with E-state index in [1.54, 1.807) is 13.8 Å². The van der Waals surface area contributed by atoms with E-state index in [0.717, 1.165) is 0 Å². The molecule has 0 saturated heterocycles. The molecule has 1 aromatic carbocycles. The van der Waals surface area contributed by atoms with E-state index in [0.29, 0.717) is 16.8 Å². The van der Waals surface area contributed by atoms with E-state index in [1.165, 1.54) is 10.5 Å². The Morgan fingerprint density at radius 2 is 1.26 bits per heavy atom. The summed E-state index contributed by atoms with van der Waals surface area (Å²) in [6.45, 7) is 9.77. The maximum Gasteiger partial charge on any atom is 0.261 e. The van der Waals surface area contributed by atoms with Crippen molar-refractivity contribution in [3.8, 4) is 0 Å². The highest BCUT2D eigenvalue weighted by atomic mass is 16.2. The Morgan fingerprint density at radius 3 is 1.63 bits per heavy atom. The molecule has 0 aromatic heterocycles. The second-order valence-electron chi connectivity index (χ2n) is 5.99. The van der Waals surface area contributed by atoms with Crippen LogP contribution in [0.5, 0.6) is 0 Å². The molecule has 0 saturated carbocycles. The fourth-order valence-corrected chi connectivity index (χ4v) is 2.09. The van der Waals surface area contributed by atoms with Gasteiger partial charge in [-0.2, -0.15) is 0 Å². The lowest BCUT2D eigenvalue weighted by atomic mass is 9.87. The van der Waals surface area contributed by atoms with Crippen LogP contribution in [0.4, 0.5) is 5.69 Å². The second kappa shape index (κ2) is 4.34. The number of hydrogen-bond donors (Lipinski definition) is 0. The molecule has 0 radical (unpaired) electrons. The van der Waals surface area contributed by atoms with Gasteiger partial charge in [-0.3, -0.25) is 9.59 Å². The summed E-state index contributed by atoms with van der Waals surface area (Å²) in [5.74, 6) is -0.433. The Balaban J connectivity index is 2.36. The number of benzene rings is 1. The molecule has 1 heterocycles. The number of amides is 2. The van der Waals surface area contributed by atoms with Crippen LogP contribution in [0, 0.1) is 0 Å². The van der Waals surface area contributed by atoms with Gasteiger partial charge in [-0.25, -0.2) is 4.90 Å². The topological polar surface area (TPSA) is 37.4 Å². The molecule has 2 amide bonds. The van der Waals surface area contributed by atoms with E-state index in [-0.39, 0.29) is 17.2 Å². The molecular formula is C16H19NO2. The minimum Gasteiger partial charge on any atom is -0.269 e. The molecule has 19 heavy (non-hydrogen) atoms. The van der Waals surface area contributed by atoms with Crippen LogP contribution in [0.2, 0.25) is 0 Å². The van der Waals surface area contributed by atoms with Crippen molar-refractivity contribution in [1.29, 1.82) is 0 Å². The molecule has 0 aliphatic carbocycles. The lowest BCUT2D eigenvalue weighted by Crippen LogP contribution is -2.31. The quantitative estimate of drug-likeness (QED) is 0.724. The first-order valence-corrected chi connectivity index (χ1v) is 6.40. The standard InChI is InChI=1S/C16H19NO2/c1-10-11(2)15(19)17(14(10)18)13-8-6-12(7-9-13)16(3,4)5/h6-9H,1-5H3. The van der Waals surface area contributed by atoms with E-state index in [9.17, 15) is 9.59 Å². The Bertz CT molecular complexity index is 550. The predicted octanol–water partition coefficient (Wildman–Crippen LogP) is 3.19. The van der Waals surface area contributed by atoms with Crippen molar-refractivity contribution in [3.05, 3.63) is 41.0 Å². The molecular weight excluding hydrogens is 238 g/mol. The summed E-state index contributed by atoms with van der Waals surface area (Å²) >= 11 is 0. The molecule has 1 aromatic rings. The second-order valence-corrected chi connectivity index (χ2v) is 5.99. The maximum atomic E-state index is 12.1. The number of nitrogens with zero attached hydrogens (tertiary/aromatic N) is 1. The van der Waals surface area contributed by atoms with Crippen LogP contribution in [-0.2, 0) is 15.0 Å². The molecule has 1 aliphatic rings. The minimum absolute atomic E-state index is 0.0572. The lowest BCUT2D eigenvalue weighted by molar-refractivity contribution is -0.120. The van der Waals surface area contributed by atoms with Gasteiger partial charge in [0.1, 0.15) is 0 Å². The van der Waals surface area contributed by atoms with Crippen LogP contribution in [0.3, 0.4) is 0 Å². The number of anilines is 1. The molecule has 1 aliphatic heterocycles. The van der Waals surface area contributed by atoms with Gasteiger partial charge in [-0.1, -0.05) is 32.9 Å². The molecule has 0 bridgehead atoms. The Hall–Kier alpha value is -1.90. The van der Waals surface area contributed by atoms with Gasteiger partial charge in [-0.15, -0.1) is 0 Å². The number of hydrogen-bond acceptors (Lipinski definition) is 2. The highest BCUT2D eigenvalue weighted by Gasteiger charge is 2.34. The first-order valence-electron chi connectivity index (χ1n) is 6.40. The van der Waals surface area contributed by atoms with Crippen LogP contribution in [0.15, 0.2) is 35.4 Å². The lowest BCUT2D eigenvalue weighted by Gasteiger charge is -2.21. The highest BCUT2D eigenvalue weighted by molar-refractivity contribution is 6.32. The monoisotopic (exact) mass is 257 g/mol. The van der Waals surface area contributed by atoms with Gasteiger partial charge in [0, 0.05) is 11.1 Å². The van der Waals surface area contributed by atoms with Crippen LogP contribution >= 0.6 is 0 Å². The summed E-state index contributed by atoms with van der Waals surface area (Å²) in [5.41, 5.74) is 2.94. The Labute approximate surface area is 113 Å². The number of carbonyl (C=O) groups excluding carboxylic acids is 2. The molecule has 0 unspecified atom stereocenters. The Morgan fingerprint density at radius 1 is 0.842 bits per heavy atom. The molecule has 3 nitrogen and oxygen atoms in total. The molecule has 0 spiro atoms. The maximum absolute atomic E-state index is 12.1. The zero-order valence-electron chi connectivity index (χ0n) is 12.1. The third-order valence-corrected chi connectivity index (χ3v) is 3.60. The molecule has 0 N–H and O–H groups in total. The van der Waals surface area contributed by atoms with Crippen LogP contribution < -0.4 is 4.90 Å². The molecule has 100 valence electrons. The van der Waals surface area contributed by atoms with Crippen LogP contribution in [0.1, 0.15) is 40.2 Å².